The molecule has 0 bridgehead atoms. The Kier molecular flexibility index (Phi) is 3.33. The van der Waals surface area contributed by atoms with Crippen molar-refractivity contribution in [3.8, 4) is 11.8 Å². The number of nitrogens with zero attached hydrogens (tertiary/aromatic N) is 1. The van der Waals surface area contributed by atoms with Crippen molar-refractivity contribution < 1.29 is 9.59 Å². The first-order chi connectivity index (χ1) is 8.65. The lowest BCUT2D eigenvalue weighted by Gasteiger charge is -2.05. The van der Waals surface area contributed by atoms with Crippen molar-refractivity contribution in [3.63, 3.8) is 0 Å². The second-order valence-corrected chi connectivity index (χ2v) is 4.03. The Morgan fingerprint density at radius 3 is 2.67 bits per heavy atom. The van der Waals surface area contributed by atoms with Crippen molar-refractivity contribution in [2.45, 2.75) is 13.3 Å². The number of anilines is 1. The van der Waals surface area contributed by atoms with E-state index in [0.717, 1.165) is 23.6 Å². The van der Waals surface area contributed by atoms with Gasteiger partial charge in [-0.05, 0) is 25.1 Å². The first-order valence-electron chi connectivity index (χ1n) is 5.75. The van der Waals surface area contributed by atoms with Crippen LogP contribution in [0.1, 0.15) is 34.1 Å². The average Bonchev–Trinajstić information content (AvgIpc) is 2.60. The maximum Gasteiger partial charge on any atom is 0.261 e. The summed E-state index contributed by atoms with van der Waals surface area (Å²) in [5.74, 6) is 5.29. The number of carbonyl (C=O) groups is 2. The van der Waals surface area contributed by atoms with Gasteiger partial charge in [0.2, 0.25) is 0 Å². The van der Waals surface area contributed by atoms with E-state index in [-0.39, 0.29) is 11.8 Å². The molecule has 0 fully saturated rings. The smallest absolute Gasteiger partial charge is 0.261 e. The third-order valence-electron chi connectivity index (χ3n) is 2.85. The van der Waals surface area contributed by atoms with Crippen molar-refractivity contribution in [1.82, 2.24) is 4.90 Å². The van der Waals surface area contributed by atoms with Gasteiger partial charge in [0.05, 0.1) is 11.1 Å². The Bertz CT molecular complexity index is 567. The van der Waals surface area contributed by atoms with Gasteiger partial charge in [-0.1, -0.05) is 0 Å². The third kappa shape index (κ3) is 2.07. The minimum atomic E-state index is -0.244. The number of imide groups is 1. The van der Waals surface area contributed by atoms with Gasteiger partial charge in [0, 0.05) is 25.7 Å². The first kappa shape index (κ1) is 12.2. The predicted molar refractivity (Wildman–Crippen MR) is 69.4 cm³/mol. The molecule has 0 aromatic heterocycles. The highest BCUT2D eigenvalue weighted by Crippen LogP contribution is 2.24. The molecule has 2 rings (SSSR count). The number of hydrogen-bond acceptors (Lipinski definition) is 3. The molecule has 4 heteroatoms. The standard InChI is InChI=1S/C14H14N2O2/c1-3-4-5-8-15-10-6-7-11-12(9-10)14(18)16(2)13(11)17/h6-7,9,15H,5,8H2,1-2H3. The molecule has 1 aliphatic rings. The van der Waals surface area contributed by atoms with Gasteiger partial charge in [0.15, 0.2) is 0 Å². The van der Waals surface area contributed by atoms with E-state index in [0.29, 0.717) is 11.1 Å². The zero-order chi connectivity index (χ0) is 13.1. The Hall–Kier alpha value is -2.28. The molecule has 0 saturated carbocycles. The summed E-state index contributed by atoms with van der Waals surface area (Å²) >= 11 is 0. The molecular weight excluding hydrogens is 228 g/mol. The molecule has 0 unspecified atom stereocenters. The van der Waals surface area contributed by atoms with Gasteiger partial charge in [-0.2, -0.15) is 0 Å². The van der Waals surface area contributed by atoms with Crippen LogP contribution in [0.5, 0.6) is 0 Å². The van der Waals surface area contributed by atoms with Crippen molar-refractivity contribution >= 4 is 17.5 Å². The topological polar surface area (TPSA) is 49.4 Å². The van der Waals surface area contributed by atoms with E-state index in [4.69, 9.17) is 0 Å². The molecule has 1 aromatic rings. The minimum absolute atomic E-state index is 0.238. The summed E-state index contributed by atoms with van der Waals surface area (Å²) < 4.78 is 0. The largest absolute Gasteiger partial charge is 0.384 e. The van der Waals surface area contributed by atoms with Crippen molar-refractivity contribution in [1.29, 1.82) is 0 Å². The molecule has 1 N–H and O–H groups in total. The molecule has 1 aliphatic heterocycles. The van der Waals surface area contributed by atoms with E-state index in [9.17, 15) is 9.59 Å². The summed E-state index contributed by atoms with van der Waals surface area (Å²) in [6.45, 7) is 2.52. The summed E-state index contributed by atoms with van der Waals surface area (Å²) in [6, 6.07) is 5.22. The van der Waals surface area contributed by atoms with Gasteiger partial charge in [-0.3, -0.25) is 14.5 Å². The van der Waals surface area contributed by atoms with Gasteiger partial charge in [-0.15, -0.1) is 11.8 Å². The number of rotatable bonds is 3. The van der Waals surface area contributed by atoms with Crippen molar-refractivity contribution in [2.75, 3.05) is 18.9 Å². The molecule has 0 atom stereocenters. The highest BCUT2D eigenvalue weighted by molar-refractivity contribution is 6.21. The van der Waals surface area contributed by atoms with E-state index in [1.165, 1.54) is 7.05 Å². The molecule has 4 nitrogen and oxygen atoms in total. The number of hydrogen-bond donors (Lipinski definition) is 1. The SMILES string of the molecule is CC#CCCNc1ccc2c(c1)C(=O)N(C)C2=O. The Balaban J connectivity index is 2.15. The number of amides is 2. The molecule has 0 saturated heterocycles. The molecule has 18 heavy (non-hydrogen) atoms. The minimum Gasteiger partial charge on any atom is -0.384 e. The van der Waals surface area contributed by atoms with Gasteiger partial charge >= 0.3 is 0 Å². The lowest BCUT2D eigenvalue weighted by molar-refractivity contribution is 0.0693. The quantitative estimate of drug-likeness (QED) is 0.499. The number of carbonyl (C=O) groups excluding carboxylic acids is 2. The fourth-order valence-corrected chi connectivity index (χ4v) is 1.87. The van der Waals surface area contributed by atoms with Crippen LogP contribution in [0.4, 0.5) is 5.69 Å². The summed E-state index contributed by atoms with van der Waals surface area (Å²) in [5.41, 5.74) is 1.78. The molecule has 2 amide bonds. The van der Waals surface area contributed by atoms with Crippen LogP contribution in [0.3, 0.4) is 0 Å². The summed E-state index contributed by atoms with van der Waals surface area (Å²) in [5, 5.41) is 3.17. The lowest BCUT2D eigenvalue weighted by atomic mass is 10.1. The average molecular weight is 242 g/mol. The number of fused-ring (bicyclic) bond motifs is 1. The van der Waals surface area contributed by atoms with Gasteiger partial charge in [-0.25, -0.2) is 0 Å². The third-order valence-corrected chi connectivity index (χ3v) is 2.85. The molecule has 0 aliphatic carbocycles. The second-order valence-electron chi connectivity index (χ2n) is 4.03. The van der Waals surface area contributed by atoms with Crippen LogP contribution in [0.15, 0.2) is 18.2 Å². The first-order valence-corrected chi connectivity index (χ1v) is 5.75. The second kappa shape index (κ2) is 4.92. The highest BCUT2D eigenvalue weighted by atomic mass is 16.2. The van der Waals surface area contributed by atoms with E-state index >= 15 is 0 Å². The van der Waals surface area contributed by atoms with E-state index < -0.39 is 0 Å². The van der Waals surface area contributed by atoms with E-state index in [2.05, 4.69) is 17.2 Å². The Morgan fingerprint density at radius 2 is 1.94 bits per heavy atom. The Labute approximate surface area is 106 Å². The lowest BCUT2D eigenvalue weighted by Crippen LogP contribution is -2.24. The van der Waals surface area contributed by atoms with Crippen LogP contribution in [-0.4, -0.2) is 30.3 Å². The maximum atomic E-state index is 11.8. The molecule has 1 aromatic carbocycles. The van der Waals surface area contributed by atoms with Crippen LogP contribution in [0, 0.1) is 11.8 Å². The van der Waals surface area contributed by atoms with Gasteiger partial charge in [0.25, 0.3) is 11.8 Å². The molecule has 92 valence electrons. The van der Waals surface area contributed by atoms with Crippen molar-refractivity contribution in [2.24, 2.45) is 0 Å². The van der Waals surface area contributed by atoms with Gasteiger partial charge < -0.3 is 5.32 Å². The summed E-state index contributed by atoms with van der Waals surface area (Å²) in [4.78, 5) is 24.6. The van der Waals surface area contributed by atoms with Crippen LogP contribution in [-0.2, 0) is 0 Å². The molecular formula is C14H14N2O2. The van der Waals surface area contributed by atoms with Crippen LogP contribution in [0.2, 0.25) is 0 Å². The zero-order valence-electron chi connectivity index (χ0n) is 10.4. The number of benzene rings is 1. The molecule has 0 spiro atoms. The van der Waals surface area contributed by atoms with E-state index in [1.54, 1.807) is 19.1 Å². The Morgan fingerprint density at radius 1 is 1.22 bits per heavy atom. The van der Waals surface area contributed by atoms with Crippen LogP contribution < -0.4 is 5.32 Å². The molecule has 0 radical (unpaired) electrons. The maximum absolute atomic E-state index is 11.8. The fourth-order valence-electron chi connectivity index (χ4n) is 1.87. The highest BCUT2D eigenvalue weighted by Gasteiger charge is 2.32. The zero-order valence-corrected chi connectivity index (χ0v) is 10.4. The van der Waals surface area contributed by atoms with Crippen LogP contribution in [0.25, 0.3) is 0 Å². The summed E-state index contributed by atoms with van der Waals surface area (Å²) in [6.07, 6.45) is 0.750. The molecule has 1 heterocycles. The summed E-state index contributed by atoms with van der Waals surface area (Å²) in [7, 11) is 1.49. The van der Waals surface area contributed by atoms with Crippen LogP contribution >= 0.6 is 0 Å². The predicted octanol–water partition coefficient (Wildman–Crippen LogP) is 1.74. The van der Waals surface area contributed by atoms with Crippen molar-refractivity contribution in [3.05, 3.63) is 29.3 Å². The fraction of sp³-hybridized carbons (Fsp3) is 0.286. The normalized spacial score (nSPS) is 13.1. The number of nitrogens with one attached hydrogen (secondary N) is 1. The van der Waals surface area contributed by atoms with E-state index in [1.807, 2.05) is 6.07 Å². The monoisotopic (exact) mass is 242 g/mol. The van der Waals surface area contributed by atoms with Gasteiger partial charge in [0.1, 0.15) is 0 Å².